The predicted molar refractivity (Wildman–Crippen MR) is 166 cm³/mol. The highest BCUT2D eigenvalue weighted by atomic mass is 32.2. The largest absolute Gasteiger partial charge is 0.369 e. The molecule has 1 heterocycles. The first-order valence-corrected chi connectivity index (χ1v) is 15.7. The van der Waals surface area contributed by atoms with Crippen LogP contribution in [0.3, 0.4) is 0 Å². The Balaban J connectivity index is 1.54. The third-order valence-corrected chi connectivity index (χ3v) is 8.94. The van der Waals surface area contributed by atoms with Crippen molar-refractivity contribution in [1.82, 2.24) is 15.4 Å². The first-order chi connectivity index (χ1) is 20.8. The number of hydrogen-bond donors (Lipinski definition) is 4. The number of rotatable bonds is 12. The van der Waals surface area contributed by atoms with Crippen molar-refractivity contribution < 1.29 is 18.0 Å². The van der Waals surface area contributed by atoms with Crippen molar-refractivity contribution in [2.24, 2.45) is 10.7 Å². The van der Waals surface area contributed by atoms with E-state index in [1.165, 1.54) is 23.5 Å². The summed E-state index contributed by atoms with van der Waals surface area (Å²) >= 11 is 1.30. The van der Waals surface area contributed by atoms with Crippen molar-refractivity contribution in [3.8, 4) is 6.19 Å². The molecule has 4 aromatic rings. The minimum atomic E-state index is -4.17. The second kappa shape index (κ2) is 14.8. The van der Waals surface area contributed by atoms with Crippen molar-refractivity contribution >= 4 is 39.1 Å². The summed E-state index contributed by atoms with van der Waals surface area (Å²) in [4.78, 5) is 31.8. The first-order valence-electron chi connectivity index (χ1n) is 13.4. The Morgan fingerprint density at radius 1 is 0.884 bits per heavy atom. The highest BCUT2D eigenvalue weighted by Gasteiger charge is 2.27. The lowest BCUT2D eigenvalue weighted by atomic mass is 9.90. The van der Waals surface area contributed by atoms with Crippen LogP contribution in [0.5, 0.6) is 0 Å². The van der Waals surface area contributed by atoms with Crippen LogP contribution in [0, 0.1) is 11.5 Å². The number of amides is 2. The Morgan fingerprint density at radius 2 is 1.47 bits per heavy atom. The van der Waals surface area contributed by atoms with Crippen LogP contribution in [0.1, 0.15) is 44.4 Å². The molecule has 12 heteroatoms. The van der Waals surface area contributed by atoms with E-state index in [0.29, 0.717) is 4.88 Å². The minimum absolute atomic E-state index is 0.0695. The van der Waals surface area contributed by atoms with E-state index < -0.39 is 27.9 Å². The zero-order valence-corrected chi connectivity index (χ0v) is 24.6. The van der Waals surface area contributed by atoms with Gasteiger partial charge in [0.15, 0.2) is 6.19 Å². The average molecular weight is 615 g/mol. The second-order valence-corrected chi connectivity index (χ2v) is 12.2. The summed E-state index contributed by atoms with van der Waals surface area (Å²) in [5, 5.41) is 13.6. The van der Waals surface area contributed by atoms with Gasteiger partial charge >= 0.3 is 0 Å². The van der Waals surface area contributed by atoms with Gasteiger partial charge in [-0.05, 0) is 48.2 Å². The molecule has 0 aliphatic carbocycles. The third-order valence-electron chi connectivity index (χ3n) is 6.43. The van der Waals surface area contributed by atoms with Crippen molar-refractivity contribution in [1.29, 1.82) is 5.26 Å². The van der Waals surface area contributed by atoms with Gasteiger partial charge < -0.3 is 11.1 Å². The highest BCUT2D eigenvalue weighted by molar-refractivity contribution is 7.90. The van der Waals surface area contributed by atoms with Gasteiger partial charge in [0.05, 0.1) is 9.77 Å². The summed E-state index contributed by atoms with van der Waals surface area (Å²) in [5.41, 5.74) is 7.70. The monoisotopic (exact) mass is 614 g/mol. The molecule has 0 fully saturated rings. The molecule has 0 unspecified atom stereocenters. The number of aliphatic imine (C=N–C) groups is 1. The maximum Gasteiger partial charge on any atom is 0.264 e. The lowest BCUT2D eigenvalue weighted by molar-refractivity contribution is -0.121. The van der Waals surface area contributed by atoms with Crippen LogP contribution in [0.15, 0.2) is 113 Å². The molecule has 3 aromatic carbocycles. The smallest absolute Gasteiger partial charge is 0.264 e. The lowest BCUT2D eigenvalue weighted by Gasteiger charge is -2.18. The van der Waals surface area contributed by atoms with Crippen LogP contribution < -0.4 is 21.1 Å². The molecule has 220 valence electrons. The summed E-state index contributed by atoms with van der Waals surface area (Å²) < 4.78 is 27.7. The van der Waals surface area contributed by atoms with Gasteiger partial charge in [0.1, 0.15) is 6.04 Å². The number of thiophene rings is 1. The summed E-state index contributed by atoms with van der Waals surface area (Å²) in [5.74, 6) is -1.58. The number of nitrogens with one attached hydrogen (secondary N) is 3. The van der Waals surface area contributed by atoms with Crippen LogP contribution in [0.2, 0.25) is 0 Å². The maximum atomic E-state index is 13.4. The summed E-state index contributed by atoms with van der Waals surface area (Å²) in [6, 6.07) is 29.8. The number of hydrogen-bond acceptors (Lipinski definition) is 7. The molecule has 10 nitrogen and oxygen atoms in total. The molecule has 0 saturated carbocycles. The summed E-state index contributed by atoms with van der Waals surface area (Å²) in [6.45, 7) is 0.143. The van der Waals surface area contributed by atoms with Gasteiger partial charge in [-0.2, -0.15) is 5.26 Å². The number of guanidine groups is 1. The van der Waals surface area contributed by atoms with Gasteiger partial charge in [-0.15, -0.1) is 11.3 Å². The van der Waals surface area contributed by atoms with Crippen LogP contribution in [-0.4, -0.2) is 38.8 Å². The Bertz CT molecular complexity index is 1660. The minimum Gasteiger partial charge on any atom is -0.369 e. The topological polar surface area (TPSA) is 167 Å². The van der Waals surface area contributed by atoms with Crippen LogP contribution in [-0.2, 0) is 14.8 Å². The molecule has 4 rings (SSSR count). The van der Waals surface area contributed by atoms with Crippen molar-refractivity contribution in [3.05, 3.63) is 124 Å². The Kier molecular flexibility index (Phi) is 10.6. The highest BCUT2D eigenvalue weighted by Crippen LogP contribution is 2.36. The van der Waals surface area contributed by atoms with E-state index in [1.54, 1.807) is 30.5 Å². The summed E-state index contributed by atoms with van der Waals surface area (Å²) in [6.07, 6.45) is 2.00. The molecule has 0 aliphatic heterocycles. The van der Waals surface area contributed by atoms with E-state index in [1.807, 2.05) is 66.7 Å². The zero-order chi connectivity index (χ0) is 30.7. The average Bonchev–Trinajstić information content (AvgIpc) is 3.50. The molecule has 2 amide bonds. The molecular weight excluding hydrogens is 585 g/mol. The number of nitriles is 1. The maximum absolute atomic E-state index is 13.4. The lowest BCUT2D eigenvalue weighted by Crippen LogP contribution is -2.48. The predicted octanol–water partition coefficient (Wildman–Crippen LogP) is 3.70. The number of benzene rings is 3. The molecule has 0 spiro atoms. The molecule has 0 bridgehead atoms. The molecule has 1 atom stereocenters. The second-order valence-electron chi connectivity index (χ2n) is 9.41. The van der Waals surface area contributed by atoms with Crippen LogP contribution >= 0.6 is 11.3 Å². The molecule has 1 aromatic heterocycles. The van der Waals surface area contributed by atoms with Crippen molar-refractivity contribution in [2.45, 2.75) is 29.7 Å². The van der Waals surface area contributed by atoms with E-state index >= 15 is 0 Å². The molecule has 0 saturated heterocycles. The Morgan fingerprint density at radius 3 is 2.05 bits per heavy atom. The number of sulfonamides is 1. The molecular formula is C31H30N6O4S2. The standard InChI is InChI=1S/C31H30N6O4S2/c32-21-35-31(33)34-20-10-17-25(29(38)37-43(40,41)24-15-8-3-9-16-24)36-30(39)27-19-18-26(42-27)28(22-11-4-1-5-12-22)23-13-6-2-7-14-23/h1-9,11-16,18-19,25,28H,10,17,20H2,(H,36,39)(H,37,38)(H3,33,34,35)/t25-/m0/s1. The van der Waals surface area contributed by atoms with E-state index in [9.17, 15) is 18.0 Å². The van der Waals surface area contributed by atoms with E-state index in [-0.39, 0.29) is 36.2 Å². The fourth-order valence-electron chi connectivity index (χ4n) is 4.39. The first kappa shape index (κ1) is 31.0. The number of nitrogens with two attached hydrogens (primary N) is 1. The van der Waals surface area contributed by atoms with Gasteiger partial charge in [0.2, 0.25) is 5.96 Å². The van der Waals surface area contributed by atoms with Crippen LogP contribution in [0.25, 0.3) is 0 Å². The number of carbonyl (C=O) groups is 2. The van der Waals surface area contributed by atoms with Gasteiger partial charge in [-0.3, -0.25) is 19.9 Å². The molecule has 5 N–H and O–H groups in total. The Labute approximate surface area is 254 Å². The van der Waals surface area contributed by atoms with Gasteiger partial charge in [-0.1, -0.05) is 78.9 Å². The summed E-state index contributed by atoms with van der Waals surface area (Å²) in [7, 11) is -4.17. The Hall–Kier alpha value is -4.99. The number of nitrogens with zero attached hydrogens (tertiary/aromatic N) is 2. The number of carbonyl (C=O) groups excluding carboxylic acids is 2. The molecule has 43 heavy (non-hydrogen) atoms. The normalized spacial score (nSPS) is 12.2. The van der Waals surface area contributed by atoms with Gasteiger partial charge in [-0.25, -0.2) is 13.1 Å². The SMILES string of the molecule is N#CNC(N)=NCCC[C@H](NC(=O)c1ccc(C(c2ccccc2)c2ccccc2)s1)C(=O)NS(=O)(=O)c1ccccc1. The van der Waals surface area contributed by atoms with E-state index in [2.05, 4.69) is 20.3 Å². The van der Waals surface area contributed by atoms with Gasteiger partial charge in [0.25, 0.3) is 21.8 Å². The third kappa shape index (κ3) is 8.51. The molecule has 0 aliphatic rings. The molecule has 0 radical (unpaired) electrons. The van der Waals surface area contributed by atoms with Gasteiger partial charge in [0, 0.05) is 17.3 Å². The zero-order valence-electron chi connectivity index (χ0n) is 23.0. The van der Waals surface area contributed by atoms with Crippen LogP contribution in [0.4, 0.5) is 0 Å². The van der Waals surface area contributed by atoms with E-state index in [0.717, 1.165) is 16.0 Å². The fourth-order valence-corrected chi connectivity index (χ4v) is 6.50. The fraction of sp³-hybridized carbons (Fsp3) is 0.161. The van der Waals surface area contributed by atoms with Crippen molar-refractivity contribution in [3.63, 3.8) is 0 Å². The van der Waals surface area contributed by atoms with Crippen molar-refractivity contribution in [2.75, 3.05) is 6.54 Å². The van der Waals surface area contributed by atoms with E-state index in [4.69, 9.17) is 11.0 Å². The quantitative estimate of drug-likeness (QED) is 0.0621.